The summed E-state index contributed by atoms with van der Waals surface area (Å²) >= 11 is 11.9. The van der Waals surface area contributed by atoms with Gasteiger partial charge in [-0.1, -0.05) is 29.3 Å². The molecule has 1 heterocycles. The molecule has 0 radical (unpaired) electrons. The number of ether oxygens (including phenoxy) is 1. The number of aromatic nitrogens is 2. The van der Waals surface area contributed by atoms with Gasteiger partial charge in [-0.2, -0.15) is 13.2 Å². The van der Waals surface area contributed by atoms with E-state index in [1.807, 2.05) is 0 Å². The molecule has 1 amide bonds. The van der Waals surface area contributed by atoms with E-state index in [1.54, 1.807) is 0 Å². The van der Waals surface area contributed by atoms with E-state index in [4.69, 9.17) is 33.7 Å². The summed E-state index contributed by atoms with van der Waals surface area (Å²) in [6.45, 7) is -0.438. The Morgan fingerprint density at radius 1 is 1.23 bits per heavy atom. The summed E-state index contributed by atoms with van der Waals surface area (Å²) in [7, 11) is 0. The zero-order chi connectivity index (χ0) is 22.1. The number of amides is 1. The fourth-order valence-electron chi connectivity index (χ4n) is 2.51. The monoisotopic (exact) mass is 462 g/mol. The van der Waals surface area contributed by atoms with Crippen LogP contribution in [0, 0.1) is 5.82 Å². The quantitative estimate of drug-likeness (QED) is 0.359. The number of nitrogen functional groups attached to an aromatic ring is 1. The lowest BCUT2D eigenvalue weighted by molar-refractivity contribution is -0.141. The second-order valence-electron chi connectivity index (χ2n) is 5.98. The first kappa shape index (κ1) is 21.7. The molecule has 0 aliphatic heterocycles. The van der Waals surface area contributed by atoms with Crippen LogP contribution in [-0.2, 0) is 12.7 Å². The average Bonchev–Trinajstić information content (AvgIpc) is 3.14. The van der Waals surface area contributed by atoms with Crippen molar-refractivity contribution in [3.05, 3.63) is 69.5 Å². The summed E-state index contributed by atoms with van der Waals surface area (Å²) in [5.74, 6) is -2.27. The minimum absolute atomic E-state index is 0.0750. The number of aromatic amines is 1. The molecule has 0 bridgehead atoms. The number of benzene rings is 2. The Balaban J connectivity index is 1.80. The molecule has 2 aromatic carbocycles. The average molecular weight is 463 g/mol. The highest BCUT2D eigenvalue weighted by Gasteiger charge is 2.38. The van der Waals surface area contributed by atoms with Crippen LogP contribution in [0.1, 0.15) is 21.7 Å². The molecule has 0 aliphatic rings. The van der Waals surface area contributed by atoms with Crippen molar-refractivity contribution < 1.29 is 27.1 Å². The molecule has 12 heteroatoms. The predicted octanol–water partition coefficient (Wildman–Crippen LogP) is 5.18. The Morgan fingerprint density at radius 2 is 1.97 bits per heavy atom. The van der Waals surface area contributed by atoms with Crippen molar-refractivity contribution in [2.24, 2.45) is 0 Å². The summed E-state index contributed by atoms with van der Waals surface area (Å²) in [5.41, 5.74) is 3.70. The van der Waals surface area contributed by atoms with E-state index < -0.39 is 35.8 Å². The van der Waals surface area contributed by atoms with Crippen LogP contribution < -0.4 is 15.8 Å². The smallest absolute Gasteiger partial charge is 0.435 e. The predicted molar refractivity (Wildman–Crippen MR) is 102 cm³/mol. The van der Waals surface area contributed by atoms with Crippen LogP contribution in [0.2, 0.25) is 10.0 Å². The van der Waals surface area contributed by atoms with Crippen LogP contribution in [0.3, 0.4) is 0 Å². The number of nitrogens with zero attached hydrogens (tertiary/aromatic N) is 1. The van der Waals surface area contributed by atoms with Crippen molar-refractivity contribution in [3.63, 3.8) is 0 Å². The van der Waals surface area contributed by atoms with Gasteiger partial charge in [-0.25, -0.2) is 9.37 Å². The van der Waals surface area contributed by atoms with Gasteiger partial charge in [0.05, 0.1) is 11.3 Å². The molecule has 3 rings (SSSR count). The molecule has 4 N–H and O–H groups in total. The molecule has 0 fully saturated rings. The van der Waals surface area contributed by atoms with Gasteiger partial charge in [0, 0.05) is 28.9 Å². The lowest BCUT2D eigenvalue weighted by Gasteiger charge is -2.13. The number of imidazole rings is 1. The molecule has 3 aromatic rings. The molecular weight excluding hydrogens is 451 g/mol. The van der Waals surface area contributed by atoms with E-state index in [0.29, 0.717) is 0 Å². The van der Waals surface area contributed by atoms with Crippen molar-refractivity contribution in [1.29, 1.82) is 0 Å². The molecule has 6 nitrogen and oxygen atoms in total. The van der Waals surface area contributed by atoms with Crippen molar-refractivity contribution in [2.75, 3.05) is 5.73 Å². The van der Waals surface area contributed by atoms with Gasteiger partial charge in [0.25, 0.3) is 5.91 Å². The SMILES string of the molecule is Nc1cc(Cl)cc(Oc2c(Cl)ccc(CNC(=O)c3[nH]cnc3C(F)(F)F)c2F)c1. The summed E-state index contributed by atoms with van der Waals surface area (Å²) < 4.78 is 58.9. The van der Waals surface area contributed by atoms with Crippen molar-refractivity contribution >= 4 is 34.8 Å². The Kier molecular flexibility index (Phi) is 6.09. The zero-order valence-corrected chi connectivity index (χ0v) is 16.3. The van der Waals surface area contributed by atoms with E-state index in [1.165, 1.54) is 30.3 Å². The van der Waals surface area contributed by atoms with Gasteiger partial charge in [0.2, 0.25) is 0 Å². The normalized spacial score (nSPS) is 11.4. The number of nitrogens with two attached hydrogens (primary N) is 1. The highest BCUT2D eigenvalue weighted by Crippen LogP contribution is 2.35. The molecule has 0 unspecified atom stereocenters. The van der Waals surface area contributed by atoms with Gasteiger partial charge in [-0.15, -0.1) is 0 Å². The van der Waals surface area contributed by atoms with Crippen LogP contribution in [0.5, 0.6) is 11.5 Å². The largest absolute Gasteiger partial charge is 0.453 e. The van der Waals surface area contributed by atoms with Gasteiger partial charge in [0.1, 0.15) is 11.4 Å². The molecule has 0 saturated heterocycles. The maximum atomic E-state index is 14.9. The molecule has 0 aliphatic carbocycles. The van der Waals surface area contributed by atoms with E-state index in [0.717, 1.165) is 6.33 Å². The number of hydrogen-bond donors (Lipinski definition) is 3. The summed E-state index contributed by atoms with van der Waals surface area (Å²) in [4.78, 5) is 17.3. The number of alkyl halides is 3. The van der Waals surface area contributed by atoms with Crippen LogP contribution in [0.15, 0.2) is 36.7 Å². The maximum absolute atomic E-state index is 14.9. The topological polar surface area (TPSA) is 93.0 Å². The maximum Gasteiger partial charge on any atom is 0.435 e. The van der Waals surface area contributed by atoms with Crippen LogP contribution in [0.25, 0.3) is 0 Å². The molecule has 158 valence electrons. The third-order valence-electron chi connectivity index (χ3n) is 3.82. The van der Waals surface area contributed by atoms with Gasteiger partial charge in [-0.05, 0) is 18.2 Å². The summed E-state index contributed by atoms with van der Waals surface area (Å²) in [6.07, 6.45) is -4.08. The second kappa shape index (κ2) is 8.41. The van der Waals surface area contributed by atoms with Crippen LogP contribution in [-0.4, -0.2) is 15.9 Å². The second-order valence-corrected chi connectivity index (χ2v) is 6.82. The van der Waals surface area contributed by atoms with Crippen LogP contribution in [0.4, 0.5) is 23.2 Å². The summed E-state index contributed by atoms with van der Waals surface area (Å²) in [5, 5.41) is 2.37. The standard InChI is InChI=1S/C18H12Cl2F4N4O2/c19-9-3-10(25)5-11(4-9)30-15-12(20)2-1-8(13(15)21)6-26-17(29)14-16(18(22,23)24)28-7-27-14/h1-5,7H,6,25H2,(H,26,29)(H,27,28). The van der Waals surface area contributed by atoms with Crippen LogP contribution >= 0.6 is 23.2 Å². The number of nitrogens with one attached hydrogen (secondary N) is 2. The van der Waals surface area contributed by atoms with E-state index >= 15 is 0 Å². The molecular formula is C18H12Cl2F4N4O2. The Hall–Kier alpha value is -2.98. The lowest BCUT2D eigenvalue weighted by Crippen LogP contribution is -2.26. The van der Waals surface area contributed by atoms with Gasteiger partial charge in [-0.3, -0.25) is 4.79 Å². The van der Waals surface area contributed by atoms with E-state index in [-0.39, 0.29) is 32.8 Å². The first-order chi connectivity index (χ1) is 14.1. The number of carbonyl (C=O) groups is 1. The fraction of sp³-hybridized carbons (Fsp3) is 0.111. The minimum atomic E-state index is -4.82. The van der Waals surface area contributed by atoms with Gasteiger partial charge >= 0.3 is 6.18 Å². The summed E-state index contributed by atoms with van der Waals surface area (Å²) in [6, 6.07) is 6.82. The van der Waals surface area contributed by atoms with Crippen molar-refractivity contribution in [2.45, 2.75) is 12.7 Å². The molecule has 0 saturated carbocycles. The Labute approximate surface area is 177 Å². The highest BCUT2D eigenvalue weighted by molar-refractivity contribution is 6.32. The minimum Gasteiger partial charge on any atom is -0.453 e. The third kappa shape index (κ3) is 4.77. The highest BCUT2D eigenvalue weighted by atomic mass is 35.5. The number of carbonyl (C=O) groups excluding carboxylic acids is 1. The van der Waals surface area contributed by atoms with Crippen molar-refractivity contribution in [1.82, 2.24) is 15.3 Å². The first-order valence-electron chi connectivity index (χ1n) is 8.16. The van der Waals surface area contributed by atoms with E-state index in [2.05, 4.69) is 15.3 Å². The zero-order valence-electron chi connectivity index (χ0n) is 14.8. The number of rotatable bonds is 5. The number of halogens is 6. The Morgan fingerprint density at radius 3 is 2.63 bits per heavy atom. The van der Waals surface area contributed by atoms with Gasteiger partial charge < -0.3 is 20.8 Å². The van der Waals surface area contributed by atoms with Crippen molar-refractivity contribution in [3.8, 4) is 11.5 Å². The molecule has 30 heavy (non-hydrogen) atoms. The van der Waals surface area contributed by atoms with E-state index in [9.17, 15) is 22.4 Å². The Bertz CT molecular complexity index is 1080. The molecule has 0 spiro atoms. The van der Waals surface area contributed by atoms with Gasteiger partial charge in [0.15, 0.2) is 17.3 Å². The molecule has 1 aromatic heterocycles. The number of anilines is 1. The fourth-order valence-corrected chi connectivity index (χ4v) is 2.93. The number of hydrogen-bond acceptors (Lipinski definition) is 4. The molecule has 0 atom stereocenters. The number of H-pyrrole nitrogens is 1. The lowest BCUT2D eigenvalue weighted by atomic mass is 10.2. The first-order valence-corrected chi connectivity index (χ1v) is 8.91. The third-order valence-corrected chi connectivity index (χ3v) is 4.33.